The maximum absolute atomic E-state index is 4.73. The molecule has 0 aliphatic carbocycles. The number of nitrogens with zero attached hydrogens (tertiary/aromatic N) is 2. The van der Waals surface area contributed by atoms with E-state index in [0.29, 0.717) is 0 Å². The van der Waals surface area contributed by atoms with Crippen LogP contribution in [0.4, 0.5) is 11.4 Å². The van der Waals surface area contributed by atoms with Crippen LogP contribution in [0.2, 0.25) is 0 Å². The van der Waals surface area contributed by atoms with E-state index in [1.165, 1.54) is 11.1 Å². The Labute approximate surface area is 144 Å². The molecular formula is C22H22N2. The molecule has 0 amide bonds. The topological polar surface area (TPSA) is 15.6 Å². The van der Waals surface area contributed by atoms with Gasteiger partial charge in [0.25, 0.3) is 0 Å². The molecule has 0 saturated carbocycles. The first-order valence-electron chi connectivity index (χ1n) is 8.31. The number of hydrazone groups is 1. The van der Waals surface area contributed by atoms with E-state index in [1.54, 1.807) is 0 Å². The largest absolute Gasteiger partial charge is 0.234 e. The van der Waals surface area contributed by atoms with Crippen molar-refractivity contribution in [3.8, 4) is 0 Å². The summed E-state index contributed by atoms with van der Waals surface area (Å²) in [5, 5.41) is 6.71. The second kappa shape index (κ2) is 7.60. The van der Waals surface area contributed by atoms with Gasteiger partial charge in [-0.15, -0.1) is 0 Å². The van der Waals surface area contributed by atoms with Crippen LogP contribution in [0.3, 0.4) is 0 Å². The van der Waals surface area contributed by atoms with Gasteiger partial charge in [0.15, 0.2) is 0 Å². The smallest absolute Gasteiger partial charge is 0.0652 e. The summed E-state index contributed by atoms with van der Waals surface area (Å²) in [5.41, 5.74) is 5.77. The Morgan fingerprint density at radius 3 is 1.96 bits per heavy atom. The van der Waals surface area contributed by atoms with Crippen molar-refractivity contribution < 1.29 is 0 Å². The Bertz CT molecular complexity index is 788. The molecule has 3 aromatic carbocycles. The van der Waals surface area contributed by atoms with Gasteiger partial charge in [-0.1, -0.05) is 67.1 Å². The van der Waals surface area contributed by atoms with Crippen LogP contribution in [0.25, 0.3) is 0 Å². The molecule has 2 heteroatoms. The average Bonchev–Trinajstić information content (AvgIpc) is 2.65. The lowest BCUT2D eigenvalue weighted by molar-refractivity contribution is 1.08. The molecule has 2 nitrogen and oxygen atoms in total. The highest BCUT2D eigenvalue weighted by Gasteiger charge is 2.07. The van der Waals surface area contributed by atoms with E-state index in [-0.39, 0.29) is 0 Å². The molecular weight excluding hydrogens is 292 g/mol. The summed E-state index contributed by atoms with van der Waals surface area (Å²) in [5.74, 6) is 0. The van der Waals surface area contributed by atoms with Crippen LogP contribution < -0.4 is 5.01 Å². The van der Waals surface area contributed by atoms with E-state index in [1.807, 2.05) is 29.4 Å². The highest BCUT2D eigenvalue weighted by molar-refractivity contribution is 5.81. The van der Waals surface area contributed by atoms with Crippen molar-refractivity contribution in [2.75, 3.05) is 5.01 Å². The predicted molar refractivity (Wildman–Crippen MR) is 103 cm³/mol. The van der Waals surface area contributed by atoms with Crippen molar-refractivity contribution in [3.63, 3.8) is 0 Å². The molecule has 0 heterocycles. The fourth-order valence-corrected chi connectivity index (χ4v) is 2.50. The number of rotatable bonds is 5. The number of benzene rings is 3. The van der Waals surface area contributed by atoms with Crippen molar-refractivity contribution in [2.45, 2.75) is 20.3 Å². The zero-order chi connectivity index (χ0) is 16.8. The zero-order valence-corrected chi connectivity index (χ0v) is 14.2. The lowest BCUT2D eigenvalue weighted by atomic mass is 10.1. The van der Waals surface area contributed by atoms with Gasteiger partial charge in [0.1, 0.15) is 0 Å². The maximum atomic E-state index is 4.73. The Morgan fingerprint density at radius 2 is 1.38 bits per heavy atom. The predicted octanol–water partition coefficient (Wildman–Crippen LogP) is 5.73. The lowest BCUT2D eigenvalue weighted by Gasteiger charge is -2.20. The molecule has 0 aliphatic heterocycles. The van der Waals surface area contributed by atoms with Gasteiger partial charge >= 0.3 is 0 Å². The molecule has 0 spiro atoms. The molecule has 0 unspecified atom stereocenters. The van der Waals surface area contributed by atoms with E-state index in [4.69, 9.17) is 5.10 Å². The summed E-state index contributed by atoms with van der Waals surface area (Å²) >= 11 is 0. The summed E-state index contributed by atoms with van der Waals surface area (Å²) < 4.78 is 0. The second-order valence-corrected chi connectivity index (χ2v) is 5.82. The Hall–Kier alpha value is -2.87. The van der Waals surface area contributed by atoms with Crippen LogP contribution in [0.1, 0.15) is 23.6 Å². The first-order valence-corrected chi connectivity index (χ1v) is 8.31. The van der Waals surface area contributed by atoms with Crippen LogP contribution in [-0.2, 0) is 6.42 Å². The zero-order valence-electron chi connectivity index (χ0n) is 14.2. The van der Waals surface area contributed by atoms with Gasteiger partial charge < -0.3 is 0 Å². The fourth-order valence-electron chi connectivity index (χ4n) is 2.50. The first-order chi connectivity index (χ1) is 11.8. The maximum Gasteiger partial charge on any atom is 0.0652 e. The summed E-state index contributed by atoms with van der Waals surface area (Å²) in [6, 6.07) is 27.2. The number of aryl methyl sites for hydroxylation is 2. The molecule has 120 valence electrons. The van der Waals surface area contributed by atoms with Crippen molar-refractivity contribution in [1.82, 2.24) is 0 Å². The summed E-state index contributed by atoms with van der Waals surface area (Å²) in [6.45, 7) is 4.26. The fraction of sp³-hybridized carbons (Fsp3) is 0.136. The molecule has 3 rings (SSSR count). The van der Waals surface area contributed by atoms with Crippen LogP contribution >= 0.6 is 0 Å². The van der Waals surface area contributed by atoms with E-state index in [0.717, 1.165) is 23.4 Å². The number of hydrogen-bond acceptors (Lipinski definition) is 2. The van der Waals surface area contributed by atoms with Crippen molar-refractivity contribution in [1.29, 1.82) is 0 Å². The normalized spacial score (nSPS) is 10.9. The van der Waals surface area contributed by atoms with Gasteiger partial charge in [0, 0.05) is 0 Å². The SMILES string of the molecule is CCc1ccc(N(/N=C\c2ccccc2)c2ccc(C)cc2)cc1. The molecule has 0 fully saturated rings. The molecule has 3 aromatic rings. The van der Waals surface area contributed by atoms with Crippen molar-refractivity contribution in [3.05, 3.63) is 95.6 Å². The molecule has 0 atom stereocenters. The number of hydrogen-bond donors (Lipinski definition) is 0. The van der Waals surface area contributed by atoms with E-state index < -0.39 is 0 Å². The van der Waals surface area contributed by atoms with Crippen LogP contribution in [-0.4, -0.2) is 6.21 Å². The monoisotopic (exact) mass is 314 g/mol. The van der Waals surface area contributed by atoms with Crippen LogP contribution in [0.15, 0.2) is 84.0 Å². The van der Waals surface area contributed by atoms with Crippen LogP contribution in [0, 0.1) is 6.92 Å². The molecule has 0 aliphatic rings. The number of anilines is 2. The molecule has 0 N–H and O–H groups in total. The van der Waals surface area contributed by atoms with E-state index in [2.05, 4.69) is 74.5 Å². The molecule has 0 bridgehead atoms. The molecule has 0 radical (unpaired) electrons. The standard InChI is InChI=1S/C22H22N2/c1-3-19-11-15-22(16-12-19)24(21-13-9-18(2)10-14-21)23-17-20-7-5-4-6-8-20/h4-17H,3H2,1-2H3/b23-17-. The minimum absolute atomic E-state index is 1.04. The lowest BCUT2D eigenvalue weighted by Crippen LogP contribution is -2.09. The summed E-state index contributed by atoms with van der Waals surface area (Å²) in [6.07, 6.45) is 2.94. The van der Waals surface area contributed by atoms with E-state index >= 15 is 0 Å². The van der Waals surface area contributed by atoms with E-state index in [9.17, 15) is 0 Å². The van der Waals surface area contributed by atoms with Crippen molar-refractivity contribution >= 4 is 17.6 Å². The third-order valence-corrected chi connectivity index (χ3v) is 3.99. The summed E-state index contributed by atoms with van der Waals surface area (Å²) in [4.78, 5) is 0. The minimum atomic E-state index is 1.04. The second-order valence-electron chi connectivity index (χ2n) is 5.82. The Balaban J connectivity index is 1.96. The van der Waals surface area contributed by atoms with Crippen molar-refractivity contribution in [2.24, 2.45) is 5.10 Å². The van der Waals surface area contributed by atoms with Gasteiger partial charge in [0.05, 0.1) is 17.6 Å². The molecule has 24 heavy (non-hydrogen) atoms. The highest BCUT2D eigenvalue weighted by Crippen LogP contribution is 2.26. The molecule has 0 saturated heterocycles. The first kappa shape index (κ1) is 16.0. The Morgan fingerprint density at radius 1 is 0.792 bits per heavy atom. The quantitative estimate of drug-likeness (QED) is 0.434. The summed E-state index contributed by atoms with van der Waals surface area (Å²) in [7, 11) is 0. The highest BCUT2D eigenvalue weighted by atomic mass is 15.5. The van der Waals surface area contributed by atoms with Gasteiger partial charge in [-0.05, 0) is 48.7 Å². The van der Waals surface area contributed by atoms with Gasteiger partial charge in [-0.2, -0.15) is 5.10 Å². The average molecular weight is 314 g/mol. The van der Waals surface area contributed by atoms with Gasteiger partial charge in [-0.3, -0.25) is 0 Å². The minimum Gasteiger partial charge on any atom is -0.234 e. The third-order valence-electron chi connectivity index (χ3n) is 3.99. The third kappa shape index (κ3) is 3.90. The molecule has 0 aromatic heterocycles. The Kier molecular flexibility index (Phi) is 5.07. The van der Waals surface area contributed by atoms with Gasteiger partial charge in [-0.25, -0.2) is 5.01 Å². The van der Waals surface area contributed by atoms with Crippen LogP contribution in [0.5, 0.6) is 0 Å². The van der Waals surface area contributed by atoms with Gasteiger partial charge in [0.2, 0.25) is 0 Å².